The molecule has 2 aromatic carbocycles. The highest BCUT2D eigenvalue weighted by atomic mass is 19.1. The Balaban J connectivity index is 2.03. The molecule has 0 saturated carbocycles. The number of fused-ring (bicyclic) bond motifs is 1. The van der Waals surface area contributed by atoms with Crippen LogP contribution in [0.15, 0.2) is 42.6 Å². The second-order valence-corrected chi connectivity index (χ2v) is 4.99. The molecule has 6 heteroatoms. The van der Waals surface area contributed by atoms with Crippen LogP contribution in [0.2, 0.25) is 0 Å². The SMILES string of the molecule is Cn1cc(CC(NN)c2ccc(F)c3ccccc23)nn1. The third-order valence-electron chi connectivity index (χ3n) is 3.54. The number of aryl methyl sites for hydroxylation is 1. The van der Waals surface area contributed by atoms with Crippen molar-refractivity contribution in [2.45, 2.75) is 12.5 Å². The van der Waals surface area contributed by atoms with E-state index in [0.717, 1.165) is 16.6 Å². The first-order chi connectivity index (χ1) is 10.2. The van der Waals surface area contributed by atoms with Crippen LogP contribution in [0.1, 0.15) is 17.3 Å². The van der Waals surface area contributed by atoms with Gasteiger partial charge in [-0.2, -0.15) is 0 Å². The monoisotopic (exact) mass is 285 g/mol. The molecule has 1 aromatic heterocycles. The molecule has 1 heterocycles. The zero-order valence-electron chi connectivity index (χ0n) is 11.6. The smallest absolute Gasteiger partial charge is 0.131 e. The number of hydrogen-bond donors (Lipinski definition) is 2. The van der Waals surface area contributed by atoms with Gasteiger partial charge in [-0.1, -0.05) is 35.5 Å². The molecule has 0 fully saturated rings. The Morgan fingerprint density at radius 3 is 2.67 bits per heavy atom. The molecular weight excluding hydrogens is 269 g/mol. The van der Waals surface area contributed by atoms with Gasteiger partial charge in [-0.05, 0) is 17.0 Å². The number of hydrazine groups is 1. The average molecular weight is 285 g/mol. The second kappa shape index (κ2) is 5.59. The Labute approximate surface area is 121 Å². The number of halogens is 1. The van der Waals surface area contributed by atoms with E-state index in [2.05, 4.69) is 15.7 Å². The van der Waals surface area contributed by atoms with Crippen molar-refractivity contribution < 1.29 is 4.39 Å². The molecule has 1 atom stereocenters. The van der Waals surface area contributed by atoms with Crippen molar-refractivity contribution >= 4 is 10.8 Å². The van der Waals surface area contributed by atoms with E-state index in [1.165, 1.54) is 6.07 Å². The van der Waals surface area contributed by atoms with Gasteiger partial charge >= 0.3 is 0 Å². The normalized spacial score (nSPS) is 12.7. The van der Waals surface area contributed by atoms with Gasteiger partial charge in [-0.15, -0.1) is 5.10 Å². The van der Waals surface area contributed by atoms with E-state index >= 15 is 0 Å². The molecule has 0 saturated heterocycles. The molecule has 3 N–H and O–H groups in total. The van der Waals surface area contributed by atoms with Gasteiger partial charge < -0.3 is 0 Å². The standard InChI is InChI=1S/C15H16FN5/c1-21-9-10(19-20-21)8-15(18-17)13-6-7-14(16)12-5-3-2-4-11(12)13/h2-7,9,15,18H,8,17H2,1H3. The fourth-order valence-corrected chi connectivity index (χ4v) is 2.55. The summed E-state index contributed by atoms with van der Waals surface area (Å²) in [4.78, 5) is 0. The van der Waals surface area contributed by atoms with Crippen LogP contribution in [-0.4, -0.2) is 15.0 Å². The van der Waals surface area contributed by atoms with Crippen LogP contribution >= 0.6 is 0 Å². The van der Waals surface area contributed by atoms with E-state index in [1.54, 1.807) is 16.8 Å². The number of hydrogen-bond acceptors (Lipinski definition) is 4. The van der Waals surface area contributed by atoms with Crippen molar-refractivity contribution in [3.63, 3.8) is 0 Å². The Hall–Kier alpha value is -2.31. The van der Waals surface area contributed by atoms with Crippen LogP contribution < -0.4 is 11.3 Å². The minimum absolute atomic E-state index is 0.160. The van der Waals surface area contributed by atoms with Crippen LogP contribution in [-0.2, 0) is 13.5 Å². The van der Waals surface area contributed by atoms with Gasteiger partial charge in [0.2, 0.25) is 0 Å². The fraction of sp³-hybridized carbons (Fsp3) is 0.200. The van der Waals surface area contributed by atoms with Gasteiger partial charge in [-0.25, -0.2) is 4.39 Å². The maximum Gasteiger partial charge on any atom is 0.131 e. The topological polar surface area (TPSA) is 68.8 Å². The molecule has 0 bridgehead atoms. The first-order valence-corrected chi connectivity index (χ1v) is 6.67. The minimum atomic E-state index is -0.232. The van der Waals surface area contributed by atoms with E-state index in [9.17, 15) is 4.39 Å². The molecule has 0 radical (unpaired) electrons. The van der Waals surface area contributed by atoms with Crippen molar-refractivity contribution in [3.8, 4) is 0 Å². The largest absolute Gasteiger partial charge is 0.271 e. The number of nitrogens with two attached hydrogens (primary N) is 1. The summed E-state index contributed by atoms with van der Waals surface area (Å²) in [6, 6.07) is 10.5. The summed E-state index contributed by atoms with van der Waals surface area (Å²) in [6.07, 6.45) is 2.43. The summed E-state index contributed by atoms with van der Waals surface area (Å²) in [5, 5.41) is 9.43. The van der Waals surface area contributed by atoms with Crippen molar-refractivity contribution in [1.29, 1.82) is 0 Å². The van der Waals surface area contributed by atoms with E-state index in [-0.39, 0.29) is 11.9 Å². The lowest BCUT2D eigenvalue weighted by atomic mass is 9.96. The van der Waals surface area contributed by atoms with Crippen molar-refractivity contribution in [2.75, 3.05) is 0 Å². The highest BCUT2D eigenvalue weighted by molar-refractivity contribution is 5.86. The average Bonchev–Trinajstić information content (AvgIpc) is 2.91. The van der Waals surface area contributed by atoms with Crippen LogP contribution in [0.4, 0.5) is 4.39 Å². The molecular formula is C15H16FN5. The Morgan fingerprint density at radius 1 is 1.24 bits per heavy atom. The molecule has 3 rings (SSSR count). The summed E-state index contributed by atoms with van der Waals surface area (Å²) in [5.74, 6) is 5.46. The second-order valence-electron chi connectivity index (χ2n) is 4.99. The van der Waals surface area contributed by atoms with Gasteiger partial charge in [0, 0.05) is 25.1 Å². The summed E-state index contributed by atoms with van der Waals surface area (Å²) in [5.41, 5.74) is 4.56. The molecule has 0 spiro atoms. The molecule has 0 aliphatic rings. The van der Waals surface area contributed by atoms with Crippen molar-refractivity contribution in [2.24, 2.45) is 12.9 Å². The van der Waals surface area contributed by atoms with Crippen LogP contribution in [0.25, 0.3) is 10.8 Å². The van der Waals surface area contributed by atoms with Crippen LogP contribution in [0, 0.1) is 5.82 Å². The Kier molecular flexibility index (Phi) is 3.64. The number of nitrogens with one attached hydrogen (secondary N) is 1. The lowest BCUT2D eigenvalue weighted by molar-refractivity contribution is 0.547. The maximum atomic E-state index is 13.9. The molecule has 0 aliphatic carbocycles. The van der Waals surface area contributed by atoms with Crippen LogP contribution in [0.3, 0.4) is 0 Å². The predicted molar refractivity (Wildman–Crippen MR) is 78.7 cm³/mol. The molecule has 0 aliphatic heterocycles. The van der Waals surface area contributed by atoms with Crippen molar-refractivity contribution in [1.82, 2.24) is 20.4 Å². The van der Waals surface area contributed by atoms with Crippen LogP contribution in [0.5, 0.6) is 0 Å². The minimum Gasteiger partial charge on any atom is -0.271 e. The molecule has 3 aromatic rings. The Bertz CT molecular complexity index is 768. The molecule has 5 nitrogen and oxygen atoms in total. The third-order valence-corrected chi connectivity index (χ3v) is 3.54. The zero-order chi connectivity index (χ0) is 14.8. The summed E-state index contributed by atoms with van der Waals surface area (Å²) in [7, 11) is 1.81. The van der Waals surface area contributed by atoms with Gasteiger partial charge in [0.15, 0.2) is 0 Å². The first kappa shape index (κ1) is 13.7. The van der Waals surface area contributed by atoms with E-state index < -0.39 is 0 Å². The lowest BCUT2D eigenvalue weighted by Gasteiger charge is -2.17. The summed E-state index contributed by atoms with van der Waals surface area (Å²) >= 11 is 0. The van der Waals surface area contributed by atoms with Crippen molar-refractivity contribution in [3.05, 3.63) is 59.7 Å². The number of aromatic nitrogens is 3. The third kappa shape index (κ3) is 2.63. The molecule has 0 amide bonds. The molecule has 1 unspecified atom stereocenters. The van der Waals surface area contributed by atoms with E-state index in [4.69, 9.17) is 5.84 Å². The number of benzene rings is 2. The highest BCUT2D eigenvalue weighted by Gasteiger charge is 2.16. The van der Waals surface area contributed by atoms with E-state index in [1.807, 2.05) is 31.4 Å². The van der Waals surface area contributed by atoms with Gasteiger partial charge in [0.05, 0.1) is 11.7 Å². The van der Waals surface area contributed by atoms with Gasteiger partial charge in [-0.3, -0.25) is 16.0 Å². The summed E-state index contributed by atoms with van der Waals surface area (Å²) < 4.78 is 15.5. The Morgan fingerprint density at radius 2 is 2.00 bits per heavy atom. The fourth-order valence-electron chi connectivity index (χ4n) is 2.55. The number of rotatable bonds is 4. The van der Waals surface area contributed by atoms with Gasteiger partial charge in [0.25, 0.3) is 0 Å². The molecule has 108 valence electrons. The lowest BCUT2D eigenvalue weighted by Crippen LogP contribution is -2.30. The summed E-state index contributed by atoms with van der Waals surface area (Å²) in [6.45, 7) is 0. The highest BCUT2D eigenvalue weighted by Crippen LogP contribution is 2.27. The first-order valence-electron chi connectivity index (χ1n) is 6.67. The molecule has 21 heavy (non-hydrogen) atoms. The quantitative estimate of drug-likeness (QED) is 0.567. The van der Waals surface area contributed by atoms with Gasteiger partial charge in [0.1, 0.15) is 5.82 Å². The predicted octanol–water partition coefficient (Wildman–Crippen LogP) is 1.85. The zero-order valence-corrected chi connectivity index (χ0v) is 11.6. The maximum absolute atomic E-state index is 13.9. The van der Waals surface area contributed by atoms with E-state index in [0.29, 0.717) is 11.8 Å². The number of nitrogens with zero attached hydrogens (tertiary/aromatic N) is 3.